The average molecular weight is 751 g/mol. The fourth-order valence-corrected chi connectivity index (χ4v) is 11.5. The number of allylic oxidation sites excluding steroid dienone is 1. The van der Waals surface area contributed by atoms with Crippen molar-refractivity contribution in [1.29, 1.82) is 0 Å². The topological polar surface area (TPSA) is 195 Å². The van der Waals surface area contributed by atoms with E-state index in [9.17, 15) is 9.59 Å². The number of amides is 3. The zero-order chi connectivity index (χ0) is 36.2. The number of fused-ring (bicyclic) bond motifs is 5. The number of hydrogen-bond acceptors (Lipinski definition) is 10. The molecule has 0 heterocycles. The third-order valence-electron chi connectivity index (χ3n) is 12.0. The first-order valence-electron chi connectivity index (χ1n) is 18.3. The highest BCUT2D eigenvalue weighted by Gasteiger charge is 2.59. The average Bonchev–Trinajstić information content (AvgIpc) is 3.37. The minimum atomic E-state index is -4.69. The monoisotopic (exact) mass is 750 g/mol. The Morgan fingerprint density at radius 2 is 1.63 bits per heavy atom. The van der Waals surface area contributed by atoms with Gasteiger partial charge < -0.3 is 26.4 Å². The molecule has 4 rings (SSSR count). The van der Waals surface area contributed by atoms with Crippen molar-refractivity contribution in [2.45, 2.75) is 111 Å². The van der Waals surface area contributed by atoms with Crippen molar-refractivity contribution >= 4 is 33.7 Å². The first-order chi connectivity index (χ1) is 23.1. The zero-order valence-corrected chi connectivity index (χ0v) is 32.7. The molecule has 0 aromatic heterocycles. The number of carbonyl (C=O) groups excluding carboxylic acids is 2. The molecule has 0 radical (unpaired) electrons. The molecular weight excluding hydrogens is 688 g/mol. The summed E-state index contributed by atoms with van der Waals surface area (Å²) in [5, 5.41) is 8.43. The summed E-state index contributed by atoms with van der Waals surface area (Å²) in [5.41, 5.74) is 7.74. The summed E-state index contributed by atoms with van der Waals surface area (Å²) in [7, 11) is -1.31. The SMILES string of the molecule is CC(C)CCCC(C)C1CCC2C3CC=C4CC(OC(=O)NCCSSCCNC(=O)NCCN)CCC4(C)C3CCC12C.[O-][Cl+3]([O-])([O-])O. The Balaban J connectivity index is 0.00000121. The van der Waals surface area contributed by atoms with Gasteiger partial charge in [-0.2, -0.15) is 14.0 Å². The van der Waals surface area contributed by atoms with Gasteiger partial charge in [0.05, 0.1) is 14.9 Å². The number of nitrogens with two attached hydrogens (primary N) is 1. The number of carbonyl (C=O) groups is 2. The molecule has 11 nitrogen and oxygen atoms in total. The Labute approximate surface area is 304 Å². The summed E-state index contributed by atoms with van der Waals surface area (Å²) in [6.07, 6.45) is 16.3. The first kappa shape index (κ1) is 42.5. The Kier molecular flexibility index (Phi) is 17.1. The van der Waals surface area contributed by atoms with Crippen LogP contribution in [0.4, 0.5) is 9.59 Å². The molecule has 14 heteroatoms. The fraction of sp³-hybridized carbons (Fsp3) is 0.886. The Morgan fingerprint density at radius 3 is 2.29 bits per heavy atom. The Bertz CT molecular complexity index is 1080. The molecule has 0 aromatic carbocycles. The molecule has 3 fully saturated rings. The third-order valence-corrected chi connectivity index (χ3v) is 14.4. The van der Waals surface area contributed by atoms with E-state index in [4.69, 9.17) is 29.1 Å². The maximum absolute atomic E-state index is 12.6. The van der Waals surface area contributed by atoms with Crippen LogP contribution in [0.1, 0.15) is 105 Å². The highest BCUT2D eigenvalue weighted by atomic mass is 35.7. The van der Waals surface area contributed by atoms with Gasteiger partial charge in [-0.1, -0.05) is 87.1 Å². The maximum Gasteiger partial charge on any atom is 0.407 e. The molecule has 3 saturated carbocycles. The van der Waals surface area contributed by atoms with E-state index in [0.29, 0.717) is 31.6 Å². The number of halogens is 1. The Morgan fingerprint density at radius 1 is 0.980 bits per heavy atom. The van der Waals surface area contributed by atoms with Gasteiger partial charge in [-0.25, -0.2) is 9.59 Å². The minimum absolute atomic E-state index is 0.0131. The van der Waals surface area contributed by atoms with Crippen molar-refractivity contribution in [2.24, 2.45) is 52.1 Å². The summed E-state index contributed by atoms with van der Waals surface area (Å²) in [5.74, 6) is 6.67. The molecule has 284 valence electrons. The van der Waals surface area contributed by atoms with Gasteiger partial charge in [-0.3, -0.25) is 0 Å². The molecule has 3 amide bonds. The van der Waals surface area contributed by atoms with Crippen molar-refractivity contribution in [2.75, 3.05) is 37.7 Å². The summed E-state index contributed by atoms with van der Waals surface area (Å²) < 4.78 is 38.6. The van der Waals surface area contributed by atoms with Gasteiger partial charge in [-0.15, -0.1) is 0 Å². The highest BCUT2D eigenvalue weighted by Crippen LogP contribution is 2.67. The molecule has 0 saturated heterocycles. The van der Waals surface area contributed by atoms with Crippen molar-refractivity contribution in [3.8, 4) is 0 Å². The van der Waals surface area contributed by atoms with E-state index in [1.54, 1.807) is 27.2 Å². The van der Waals surface area contributed by atoms with Gasteiger partial charge in [0.2, 0.25) is 0 Å². The summed E-state index contributed by atoms with van der Waals surface area (Å²) >= 11 is 0. The number of hydrogen-bond donors (Lipinski definition) is 5. The lowest BCUT2D eigenvalue weighted by Gasteiger charge is -2.58. The second-order valence-electron chi connectivity index (χ2n) is 15.5. The number of alkyl carbamates (subject to hydrolysis) is 1. The quantitative estimate of drug-likeness (QED) is 0.0937. The van der Waals surface area contributed by atoms with E-state index < -0.39 is 10.2 Å². The van der Waals surface area contributed by atoms with Crippen molar-refractivity contribution in [1.82, 2.24) is 16.0 Å². The lowest BCUT2D eigenvalue weighted by Crippen LogP contribution is -2.58. The summed E-state index contributed by atoms with van der Waals surface area (Å²) in [6, 6.07) is -0.182. The summed E-state index contributed by atoms with van der Waals surface area (Å²) in [4.78, 5) is 24.1. The van der Waals surface area contributed by atoms with Crippen LogP contribution >= 0.6 is 21.6 Å². The molecule has 49 heavy (non-hydrogen) atoms. The number of ether oxygens (including phenoxy) is 1. The van der Waals surface area contributed by atoms with Gasteiger partial charge in [0.1, 0.15) is 6.10 Å². The standard InChI is InChI=1S/C35H62N4O3S2.ClHO4/c1-24(2)7-6-8-25(3)29-11-12-30-28-10-9-26-23-27(13-15-34(26,4)31(28)14-16-35(29,30)5)42-33(41)39-20-22-44-43-21-19-38-32(40)37-18-17-36;2-1(3,4)5/h9,24-25,27-31H,6-8,10-23,36H2,1-5H3,(H,39,41)(H2,37,38,40);(H,2,3,4,5). The van der Waals surface area contributed by atoms with Crippen molar-refractivity contribution in [3.63, 3.8) is 0 Å². The fourth-order valence-electron chi connectivity index (χ4n) is 9.71. The van der Waals surface area contributed by atoms with Gasteiger partial charge in [-0.05, 0) is 91.3 Å². The molecular formula is C35H63ClN4O7S2. The second kappa shape index (κ2) is 19.8. The first-order valence-corrected chi connectivity index (χ1v) is 22.1. The molecule has 0 spiro atoms. The van der Waals surface area contributed by atoms with Gasteiger partial charge in [0.25, 0.3) is 0 Å². The van der Waals surface area contributed by atoms with Crippen LogP contribution in [0.3, 0.4) is 0 Å². The predicted octanol–water partition coefficient (Wildman–Crippen LogP) is 3.64. The van der Waals surface area contributed by atoms with Crippen LogP contribution < -0.4 is 35.7 Å². The van der Waals surface area contributed by atoms with E-state index >= 15 is 0 Å². The summed E-state index contributed by atoms with van der Waals surface area (Å²) in [6.45, 7) is 14.6. The number of urea groups is 1. The van der Waals surface area contributed by atoms with E-state index in [2.05, 4.69) is 56.6 Å². The van der Waals surface area contributed by atoms with E-state index in [-0.39, 0.29) is 23.6 Å². The maximum atomic E-state index is 12.6. The van der Waals surface area contributed by atoms with Crippen molar-refractivity contribution < 1.29 is 43.2 Å². The highest BCUT2D eigenvalue weighted by molar-refractivity contribution is 8.76. The van der Waals surface area contributed by atoms with Crippen LogP contribution in [0.5, 0.6) is 0 Å². The largest absolute Gasteiger partial charge is 0.446 e. The van der Waals surface area contributed by atoms with Crippen LogP contribution in [0, 0.1) is 56.6 Å². The van der Waals surface area contributed by atoms with Gasteiger partial charge in [0.15, 0.2) is 0 Å². The van der Waals surface area contributed by atoms with Crippen LogP contribution in [-0.4, -0.2) is 60.6 Å². The molecule has 8 unspecified atom stereocenters. The van der Waals surface area contributed by atoms with Gasteiger partial charge >= 0.3 is 12.1 Å². The normalized spacial score (nSPS) is 31.2. The predicted molar refractivity (Wildman–Crippen MR) is 189 cm³/mol. The number of nitrogens with one attached hydrogen (secondary N) is 3. The molecule has 0 aromatic rings. The smallest absolute Gasteiger partial charge is 0.407 e. The van der Waals surface area contributed by atoms with E-state index in [0.717, 1.165) is 66.3 Å². The molecule has 0 aliphatic heterocycles. The minimum Gasteiger partial charge on any atom is -0.446 e. The van der Waals surface area contributed by atoms with Crippen LogP contribution in [0.25, 0.3) is 0 Å². The zero-order valence-electron chi connectivity index (χ0n) is 30.3. The molecule has 6 N–H and O–H groups in total. The van der Waals surface area contributed by atoms with Crippen LogP contribution in [0.15, 0.2) is 11.6 Å². The lowest BCUT2D eigenvalue weighted by molar-refractivity contribution is -1.92. The lowest BCUT2D eigenvalue weighted by atomic mass is 9.47. The molecule has 4 aliphatic carbocycles. The second-order valence-corrected chi connectivity index (χ2v) is 19.0. The molecule has 0 bridgehead atoms. The van der Waals surface area contributed by atoms with Gasteiger partial charge in [0, 0.05) is 44.1 Å². The third kappa shape index (κ3) is 12.9. The molecule has 8 atom stereocenters. The van der Waals surface area contributed by atoms with E-state index in [1.807, 2.05) is 0 Å². The number of rotatable bonds is 15. The van der Waals surface area contributed by atoms with Crippen molar-refractivity contribution in [3.05, 3.63) is 11.6 Å². The van der Waals surface area contributed by atoms with Crippen LogP contribution in [0.2, 0.25) is 0 Å². The van der Waals surface area contributed by atoms with E-state index in [1.165, 1.54) is 51.4 Å². The Hall–Kier alpha value is -0.930. The molecule has 4 aliphatic rings. The van der Waals surface area contributed by atoms with Crippen LogP contribution in [-0.2, 0) is 4.74 Å².